The average Bonchev–Trinajstić information content (AvgIpc) is 3.45. The van der Waals surface area contributed by atoms with Crippen molar-refractivity contribution >= 4 is 17.9 Å². The van der Waals surface area contributed by atoms with Crippen LogP contribution in [-0.2, 0) is 28.6 Å². The van der Waals surface area contributed by atoms with E-state index in [1.54, 1.807) is 0 Å². The first kappa shape index (κ1) is 74.0. The molecule has 0 radical (unpaired) electrons. The maximum Gasteiger partial charge on any atom is 0.306 e. The van der Waals surface area contributed by atoms with Gasteiger partial charge in [0.1, 0.15) is 13.2 Å². The quantitative estimate of drug-likeness (QED) is 0.0261. The van der Waals surface area contributed by atoms with Gasteiger partial charge in [-0.3, -0.25) is 14.4 Å². The zero-order chi connectivity index (χ0) is 57.1. The fourth-order valence-corrected chi connectivity index (χ4v) is 8.33. The summed E-state index contributed by atoms with van der Waals surface area (Å²) in [5.41, 5.74) is 0. The lowest BCUT2D eigenvalue weighted by Gasteiger charge is -2.18. The summed E-state index contributed by atoms with van der Waals surface area (Å²) in [4.78, 5) is 38.4. The summed E-state index contributed by atoms with van der Waals surface area (Å²) in [7, 11) is 0. The number of carbonyl (C=O) groups excluding carboxylic acids is 3. The van der Waals surface area contributed by atoms with E-state index >= 15 is 0 Å². The number of esters is 3. The highest BCUT2D eigenvalue weighted by atomic mass is 16.6. The first-order chi connectivity index (χ1) is 39.0. The maximum atomic E-state index is 12.9. The molecule has 0 aliphatic rings. The number of hydrogen-bond donors (Lipinski definition) is 0. The van der Waals surface area contributed by atoms with Crippen molar-refractivity contribution in [2.24, 2.45) is 0 Å². The molecule has 0 bridgehead atoms. The van der Waals surface area contributed by atoms with Crippen molar-refractivity contribution in [2.45, 2.75) is 271 Å². The third-order valence-electron chi connectivity index (χ3n) is 13.0. The van der Waals surface area contributed by atoms with Crippen LogP contribution in [0, 0.1) is 0 Å². The predicted molar refractivity (Wildman–Crippen MR) is 343 cm³/mol. The fraction of sp³-hybridized carbons (Fsp3) is 0.603. The lowest BCUT2D eigenvalue weighted by molar-refractivity contribution is -0.167. The van der Waals surface area contributed by atoms with Crippen LogP contribution in [0.2, 0.25) is 0 Å². The van der Waals surface area contributed by atoms with Crippen LogP contribution in [0.5, 0.6) is 0 Å². The molecule has 444 valence electrons. The molecule has 6 heteroatoms. The predicted octanol–water partition coefficient (Wildman–Crippen LogP) is 22.1. The zero-order valence-corrected chi connectivity index (χ0v) is 50.8. The second kappa shape index (κ2) is 65.5. The van der Waals surface area contributed by atoms with E-state index in [0.29, 0.717) is 19.3 Å². The van der Waals surface area contributed by atoms with E-state index in [9.17, 15) is 14.4 Å². The maximum absolute atomic E-state index is 12.9. The molecule has 0 heterocycles. The van der Waals surface area contributed by atoms with Gasteiger partial charge in [-0.2, -0.15) is 0 Å². The van der Waals surface area contributed by atoms with Crippen LogP contribution >= 0.6 is 0 Å². The summed E-state index contributed by atoms with van der Waals surface area (Å²) in [6.07, 6.45) is 95.3. The minimum absolute atomic E-state index is 0.104. The Kier molecular flexibility index (Phi) is 61.4. The van der Waals surface area contributed by atoms with E-state index in [1.165, 1.54) is 64.2 Å². The van der Waals surface area contributed by atoms with Gasteiger partial charge in [0.2, 0.25) is 0 Å². The first-order valence-corrected chi connectivity index (χ1v) is 32.0. The molecule has 0 fully saturated rings. The van der Waals surface area contributed by atoms with Gasteiger partial charge in [-0.05, 0) is 141 Å². The zero-order valence-electron chi connectivity index (χ0n) is 50.8. The normalized spacial score (nSPS) is 13.2. The van der Waals surface area contributed by atoms with Gasteiger partial charge < -0.3 is 14.2 Å². The lowest BCUT2D eigenvalue weighted by atomic mass is 10.1. The smallest absolute Gasteiger partial charge is 0.306 e. The van der Waals surface area contributed by atoms with E-state index in [4.69, 9.17) is 14.2 Å². The summed E-state index contributed by atoms with van der Waals surface area (Å²) in [5, 5.41) is 0. The summed E-state index contributed by atoms with van der Waals surface area (Å²) < 4.78 is 16.9. The molecule has 1 atom stereocenters. The number of carbonyl (C=O) groups is 3. The molecule has 0 aromatic carbocycles. The summed E-state index contributed by atoms with van der Waals surface area (Å²) in [6.45, 7) is 6.26. The van der Waals surface area contributed by atoms with Gasteiger partial charge in [0.05, 0.1) is 0 Å². The second-order valence-corrected chi connectivity index (χ2v) is 20.5. The topological polar surface area (TPSA) is 78.9 Å². The van der Waals surface area contributed by atoms with E-state index in [0.717, 1.165) is 154 Å². The van der Waals surface area contributed by atoms with Crippen LogP contribution in [-0.4, -0.2) is 37.2 Å². The summed E-state index contributed by atoms with van der Waals surface area (Å²) in [6, 6.07) is 0. The van der Waals surface area contributed by atoms with Gasteiger partial charge in [-0.25, -0.2) is 0 Å². The molecule has 6 nitrogen and oxygen atoms in total. The van der Waals surface area contributed by atoms with Crippen LogP contribution in [0.1, 0.15) is 265 Å². The lowest BCUT2D eigenvalue weighted by Crippen LogP contribution is -2.30. The minimum Gasteiger partial charge on any atom is -0.462 e. The molecule has 0 aliphatic heterocycles. The van der Waals surface area contributed by atoms with Crippen molar-refractivity contribution in [1.29, 1.82) is 0 Å². The largest absolute Gasteiger partial charge is 0.462 e. The highest BCUT2D eigenvalue weighted by Gasteiger charge is 2.19. The molecule has 0 aromatic rings. The number of hydrogen-bond acceptors (Lipinski definition) is 6. The first-order valence-electron chi connectivity index (χ1n) is 32.0. The van der Waals surface area contributed by atoms with Crippen LogP contribution in [0.4, 0.5) is 0 Å². The van der Waals surface area contributed by atoms with Crippen molar-refractivity contribution in [3.8, 4) is 0 Å². The van der Waals surface area contributed by atoms with Gasteiger partial charge >= 0.3 is 17.9 Å². The van der Waals surface area contributed by atoms with Gasteiger partial charge in [0.15, 0.2) is 6.10 Å². The van der Waals surface area contributed by atoms with Crippen LogP contribution in [0.3, 0.4) is 0 Å². The van der Waals surface area contributed by atoms with E-state index in [2.05, 4.69) is 179 Å². The minimum atomic E-state index is -0.812. The van der Waals surface area contributed by atoms with Crippen molar-refractivity contribution in [3.63, 3.8) is 0 Å². The molecule has 0 aromatic heterocycles. The summed E-state index contributed by atoms with van der Waals surface area (Å²) >= 11 is 0. The standard InChI is InChI=1S/C73H116O6/c1-4-7-10-13-16-19-22-25-28-31-33-34-35-36-37-38-40-42-45-48-51-54-57-60-63-66-72(75)78-69-70(68-77-71(74)65-62-59-56-53-50-47-44-41-30-27-24-21-18-15-12-9-6-3)79-73(76)67-64-61-58-55-52-49-46-43-39-32-29-26-23-20-17-14-11-8-5-2/h7-12,16-21,25-30,33-34,36-37,39,43,49,52,70H,4-6,13-15,22-24,31-32,35,38,40-42,44-48,50-51,53-69H2,1-3H3/b10-7-,11-8-,12-9-,19-16-,20-17-,21-18-,28-25-,29-26-,30-27-,34-33-,37-36-,43-39-,52-49-. The third-order valence-corrected chi connectivity index (χ3v) is 13.0. The average molecular weight is 1090 g/mol. The number of allylic oxidation sites excluding steroid dienone is 26. The Morgan fingerprint density at radius 1 is 0.253 bits per heavy atom. The molecule has 0 N–H and O–H groups in total. The SMILES string of the molecule is CC/C=C\C/C=C\C/C=C\C/C=C\C/C=C\CCCCCCCCCCCC(=O)OCC(COC(=O)CCCCCCCCC/C=C\C/C=C\C/C=C\CC)OC(=O)CCCCC/C=C\C/C=C\C/C=C\C/C=C\C/C=C\CC. The van der Waals surface area contributed by atoms with E-state index < -0.39 is 6.10 Å². The van der Waals surface area contributed by atoms with Crippen molar-refractivity contribution in [2.75, 3.05) is 13.2 Å². The Hall–Kier alpha value is -4.97. The molecule has 0 saturated carbocycles. The Morgan fingerprint density at radius 3 is 0.722 bits per heavy atom. The molecule has 79 heavy (non-hydrogen) atoms. The van der Waals surface area contributed by atoms with Crippen LogP contribution in [0.25, 0.3) is 0 Å². The highest BCUT2D eigenvalue weighted by Crippen LogP contribution is 2.15. The molecule has 0 amide bonds. The number of rotatable bonds is 56. The van der Waals surface area contributed by atoms with Gasteiger partial charge in [-0.15, -0.1) is 0 Å². The fourth-order valence-electron chi connectivity index (χ4n) is 8.33. The Labute approximate surface area is 486 Å². The Balaban J connectivity index is 4.47. The Bertz CT molecular complexity index is 1780. The summed E-state index contributed by atoms with van der Waals surface area (Å²) in [5.74, 6) is -0.954. The van der Waals surface area contributed by atoms with Crippen molar-refractivity contribution in [1.82, 2.24) is 0 Å². The van der Waals surface area contributed by atoms with Crippen molar-refractivity contribution < 1.29 is 28.6 Å². The molecule has 0 spiro atoms. The highest BCUT2D eigenvalue weighted by molar-refractivity contribution is 5.71. The Morgan fingerprint density at radius 2 is 0.456 bits per heavy atom. The molecule has 0 rings (SSSR count). The van der Waals surface area contributed by atoms with Crippen LogP contribution < -0.4 is 0 Å². The monoisotopic (exact) mass is 1090 g/mol. The van der Waals surface area contributed by atoms with Crippen molar-refractivity contribution in [3.05, 3.63) is 158 Å². The van der Waals surface area contributed by atoms with Gasteiger partial charge in [-0.1, -0.05) is 262 Å². The van der Waals surface area contributed by atoms with Gasteiger partial charge in [0.25, 0.3) is 0 Å². The van der Waals surface area contributed by atoms with Gasteiger partial charge in [0, 0.05) is 19.3 Å². The number of ether oxygens (including phenoxy) is 3. The van der Waals surface area contributed by atoms with Crippen LogP contribution in [0.15, 0.2) is 158 Å². The molecular weight excluding hydrogens is 973 g/mol. The molecule has 1 unspecified atom stereocenters. The second-order valence-electron chi connectivity index (χ2n) is 20.5. The molecular formula is C73H116O6. The van der Waals surface area contributed by atoms with E-state index in [1.807, 2.05) is 0 Å². The molecule has 0 aliphatic carbocycles. The molecule has 0 saturated heterocycles. The van der Waals surface area contributed by atoms with E-state index in [-0.39, 0.29) is 37.5 Å². The number of unbranched alkanes of at least 4 members (excludes halogenated alkanes) is 19. The third kappa shape index (κ3) is 63.7.